The molecule has 1 aromatic carbocycles. The highest BCUT2D eigenvalue weighted by atomic mass is 32.2. The second-order valence-corrected chi connectivity index (χ2v) is 5.82. The third-order valence-electron chi connectivity index (χ3n) is 2.50. The maximum Gasteiger partial charge on any atom is 0.213 e. The van der Waals surface area contributed by atoms with Crippen molar-refractivity contribution in [3.05, 3.63) is 54.0 Å². The van der Waals surface area contributed by atoms with Crippen LogP contribution in [0.25, 0.3) is 0 Å². The number of hydrogen-bond donors (Lipinski definition) is 0. The lowest BCUT2D eigenvalue weighted by molar-refractivity contribution is 0.396. The van der Waals surface area contributed by atoms with Crippen LogP contribution in [0.3, 0.4) is 0 Å². The summed E-state index contributed by atoms with van der Waals surface area (Å²) in [5, 5.41) is 0. The van der Waals surface area contributed by atoms with Gasteiger partial charge in [-0.25, -0.2) is 17.8 Å². The predicted octanol–water partition coefficient (Wildman–Crippen LogP) is 2.20. The molecule has 0 unspecified atom stereocenters. The molecule has 100 valence electrons. The maximum absolute atomic E-state index is 13.5. The van der Waals surface area contributed by atoms with E-state index in [1.165, 1.54) is 25.3 Å². The molecule has 1 aromatic heterocycles. The minimum Gasteiger partial charge on any atom is -0.481 e. The minimum absolute atomic E-state index is 0.308. The largest absolute Gasteiger partial charge is 0.481 e. The van der Waals surface area contributed by atoms with E-state index in [1.54, 1.807) is 18.2 Å². The van der Waals surface area contributed by atoms with Gasteiger partial charge in [-0.3, -0.25) is 0 Å². The normalized spacial score (nSPS) is 11.3. The molecular weight excluding hydrogens is 269 g/mol. The lowest BCUT2D eigenvalue weighted by Gasteiger charge is -2.06. The van der Waals surface area contributed by atoms with Crippen molar-refractivity contribution in [1.82, 2.24) is 4.98 Å². The lowest BCUT2D eigenvalue weighted by atomic mass is 10.3. The molecule has 0 spiro atoms. The summed E-state index contributed by atoms with van der Waals surface area (Å²) in [4.78, 5) is 3.69. The monoisotopic (exact) mass is 281 g/mol. The Hall–Kier alpha value is -1.95. The van der Waals surface area contributed by atoms with Crippen LogP contribution in [0.15, 0.2) is 47.4 Å². The SMILES string of the molecule is COc1cccc(CS(=O)(=O)c2ccccc2F)n1. The van der Waals surface area contributed by atoms with Gasteiger partial charge in [0.1, 0.15) is 10.7 Å². The van der Waals surface area contributed by atoms with Gasteiger partial charge in [-0.1, -0.05) is 18.2 Å². The van der Waals surface area contributed by atoms with Gasteiger partial charge in [0, 0.05) is 6.07 Å². The summed E-state index contributed by atoms with van der Waals surface area (Å²) in [6.45, 7) is 0. The third kappa shape index (κ3) is 3.08. The van der Waals surface area contributed by atoms with Crippen LogP contribution in [0.4, 0.5) is 4.39 Å². The molecule has 0 saturated heterocycles. The molecule has 0 bridgehead atoms. The number of benzene rings is 1. The summed E-state index contributed by atoms with van der Waals surface area (Å²) in [6.07, 6.45) is 0. The molecule has 0 atom stereocenters. The summed E-state index contributed by atoms with van der Waals surface area (Å²) >= 11 is 0. The Kier molecular flexibility index (Phi) is 3.80. The zero-order valence-corrected chi connectivity index (χ0v) is 11.0. The second-order valence-electron chi connectivity index (χ2n) is 3.86. The van der Waals surface area contributed by atoms with Crippen LogP contribution in [0.1, 0.15) is 5.69 Å². The van der Waals surface area contributed by atoms with Gasteiger partial charge in [-0.15, -0.1) is 0 Å². The average Bonchev–Trinajstić information content (AvgIpc) is 2.38. The molecule has 0 radical (unpaired) electrons. The number of nitrogens with zero attached hydrogens (tertiary/aromatic N) is 1. The van der Waals surface area contributed by atoms with Crippen molar-refractivity contribution in [2.24, 2.45) is 0 Å². The fraction of sp³-hybridized carbons (Fsp3) is 0.154. The second kappa shape index (κ2) is 5.36. The van der Waals surface area contributed by atoms with Crippen molar-refractivity contribution in [3.63, 3.8) is 0 Å². The smallest absolute Gasteiger partial charge is 0.213 e. The number of sulfone groups is 1. The van der Waals surface area contributed by atoms with Crippen LogP contribution in [-0.4, -0.2) is 20.5 Å². The summed E-state index contributed by atoms with van der Waals surface area (Å²) in [5.41, 5.74) is 0.308. The van der Waals surface area contributed by atoms with Gasteiger partial charge in [0.2, 0.25) is 5.88 Å². The van der Waals surface area contributed by atoms with Crippen molar-refractivity contribution in [1.29, 1.82) is 0 Å². The first-order valence-electron chi connectivity index (χ1n) is 5.50. The van der Waals surface area contributed by atoms with E-state index < -0.39 is 15.7 Å². The van der Waals surface area contributed by atoms with Crippen molar-refractivity contribution < 1.29 is 17.5 Å². The quantitative estimate of drug-likeness (QED) is 0.862. The van der Waals surface area contributed by atoms with E-state index in [9.17, 15) is 12.8 Å². The van der Waals surface area contributed by atoms with E-state index in [1.807, 2.05) is 0 Å². The van der Waals surface area contributed by atoms with Gasteiger partial charge >= 0.3 is 0 Å². The van der Waals surface area contributed by atoms with Gasteiger partial charge in [-0.2, -0.15) is 0 Å². The first-order chi connectivity index (χ1) is 9.03. The highest BCUT2D eigenvalue weighted by molar-refractivity contribution is 7.90. The predicted molar refractivity (Wildman–Crippen MR) is 68.1 cm³/mol. The van der Waals surface area contributed by atoms with Crippen molar-refractivity contribution in [2.75, 3.05) is 7.11 Å². The number of rotatable bonds is 4. The molecule has 2 rings (SSSR count). The standard InChI is InChI=1S/C13H12FNO3S/c1-18-13-8-4-5-10(15-13)9-19(16,17)12-7-3-2-6-11(12)14/h2-8H,9H2,1H3. The molecular formula is C13H12FNO3S. The Morgan fingerprint density at radius 3 is 2.58 bits per heavy atom. The lowest BCUT2D eigenvalue weighted by Crippen LogP contribution is -2.08. The van der Waals surface area contributed by atoms with Crippen molar-refractivity contribution in [3.8, 4) is 5.88 Å². The van der Waals surface area contributed by atoms with Crippen LogP contribution in [-0.2, 0) is 15.6 Å². The molecule has 0 aliphatic heterocycles. The zero-order chi connectivity index (χ0) is 13.9. The number of aromatic nitrogens is 1. The Morgan fingerprint density at radius 2 is 1.89 bits per heavy atom. The van der Waals surface area contributed by atoms with E-state index in [4.69, 9.17) is 4.74 Å². The van der Waals surface area contributed by atoms with Gasteiger partial charge in [0.25, 0.3) is 0 Å². The van der Waals surface area contributed by atoms with E-state index >= 15 is 0 Å². The maximum atomic E-state index is 13.5. The Morgan fingerprint density at radius 1 is 1.16 bits per heavy atom. The molecule has 0 fully saturated rings. The fourth-order valence-electron chi connectivity index (χ4n) is 1.62. The molecule has 0 aliphatic rings. The molecule has 4 nitrogen and oxygen atoms in total. The van der Waals surface area contributed by atoms with Crippen LogP contribution in [0.5, 0.6) is 5.88 Å². The van der Waals surface area contributed by atoms with Crippen molar-refractivity contribution >= 4 is 9.84 Å². The van der Waals surface area contributed by atoms with Crippen LogP contribution < -0.4 is 4.74 Å². The van der Waals surface area contributed by atoms with Crippen LogP contribution >= 0.6 is 0 Å². The topological polar surface area (TPSA) is 56.3 Å². The number of hydrogen-bond acceptors (Lipinski definition) is 4. The fourth-order valence-corrected chi connectivity index (χ4v) is 2.98. The summed E-state index contributed by atoms with van der Waals surface area (Å²) in [5.74, 6) is -0.808. The number of ether oxygens (including phenoxy) is 1. The van der Waals surface area contributed by atoms with E-state index in [0.717, 1.165) is 6.07 Å². The molecule has 0 saturated carbocycles. The van der Waals surface area contributed by atoms with E-state index in [2.05, 4.69) is 4.98 Å². The minimum atomic E-state index is -3.76. The van der Waals surface area contributed by atoms with Crippen LogP contribution in [0, 0.1) is 5.82 Å². The third-order valence-corrected chi connectivity index (χ3v) is 4.18. The molecule has 6 heteroatoms. The summed E-state index contributed by atoms with van der Waals surface area (Å²) in [7, 11) is -2.32. The molecule has 0 aliphatic carbocycles. The average molecular weight is 281 g/mol. The van der Waals surface area contributed by atoms with E-state index in [0.29, 0.717) is 11.6 Å². The molecule has 1 heterocycles. The number of pyridine rings is 1. The Labute approximate surface area is 110 Å². The van der Waals surface area contributed by atoms with Crippen molar-refractivity contribution in [2.45, 2.75) is 10.6 Å². The van der Waals surface area contributed by atoms with Crippen LogP contribution in [0.2, 0.25) is 0 Å². The highest BCUT2D eigenvalue weighted by Crippen LogP contribution is 2.19. The zero-order valence-electron chi connectivity index (χ0n) is 10.2. The molecule has 0 N–H and O–H groups in total. The summed E-state index contributed by atoms with van der Waals surface area (Å²) in [6, 6.07) is 10.1. The Bertz CT molecular complexity index is 686. The van der Waals surface area contributed by atoms with Gasteiger partial charge in [0.15, 0.2) is 9.84 Å². The van der Waals surface area contributed by atoms with Gasteiger partial charge in [-0.05, 0) is 18.2 Å². The number of halogens is 1. The highest BCUT2D eigenvalue weighted by Gasteiger charge is 2.20. The van der Waals surface area contributed by atoms with Gasteiger partial charge in [0.05, 0.1) is 18.6 Å². The summed E-state index contributed by atoms with van der Waals surface area (Å²) < 4.78 is 42.6. The first kappa shape index (κ1) is 13.5. The van der Waals surface area contributed by atoms with Gasteiger partial charge < -0.3 is 4.74 Å². The Balaban J connectivity index is 2.34. The molecule has 0 amide bonds. The molecule has 2 aromatic rings. The molecule has 19 heavy (non-hydrogen) atoms. The van der Waals surface area contributed by atoms with E-state index in [-0.39, 0.29) is 10.6 Å². The first-order valence-corrected chi connectivity index (χ1v) is 7.15. The number of methoxy groups -OCH3 is 1.